The maximum atomic E-state index is 12.7. The van der Waals surface area contributed by atoms with E-state index in [0.717, 1.165) is 52.9 Å². The highest BCUT2D eigenvalue weighted by molar-refractivity contribution is 7.10. The third-order valence-electron chi connectivity index (χ3n) is 7.35. The molecule has 2 aliphatic rings. The van der Waals surface area contributed by atoms with E-state index in [1.807, 2.05) is 38.7 Å². The van der Waals surface area contributed by atoms with Crippen molar-refractivity contribution < 1.29 is 14.3 Å². The third kappa shape index (κ3) is 7.41. The molecule has 3 aromatic heterocycles. The molecule has 4 heterocycles. The van der Waals surface area contributed by atoms with Gasteiger partial charge in [-0.25, -0.2) is 9.78 Å². The van der Waals surface area contributed by atoms with Gasteiger partial charge in [-0.3, -0.25) is 0 Å². The predicted molar refractivity (Wildman–Crippen MR) is 163 cm³/mol. The molecule has 1 aliphatic carbocycles. The van der Waals surface area contributed by atoms with Gasteiger partial charge in [0.1, 0.15) is 23.0 Å². The van der Waals surface area contributed by atoms with E-state index in [9.17, 15) is 4.79 Å². The maximum Gasteiger partial charge on any atom is 0.410 e. The molecule has 3 aromatic rings. The van der Waals surface area contributed by atoms with Gasteiger partial charge < -0.3 is 24.3 Å². The van der Waals surface area contributed by atoms with Gasteiger partial charge in [0.15, 0.2) is 0 Å². The van der Waals surface area contributed by atoms with Crippen LogP contribution in [0, 0.1) is 12.8 Å². The Morgan fingerprint density at radius 2 is 1.98 bits per heavy atom. The van der Waals surface area contributed by atoms with E-state index in [2.05, 4.69) is 40.1 Å². The molecular formula is C29H44N6O3SSi. The van der Waals surface area contributed by atoms with Crippen LogP contribution in [0.25, 0.3) is 11.0 Å². The molecule has 40 heavy (non-hydrogen) atoms. The molecule has 1 aliphatic heterocycles. The quantitative estimate of drug-likeness (QED) is 0.204. The predicted octanol–water partition coefficient (Wildman–Crippen LogP) is 6.93. The molecule has 2 fully saturated rings. The van der Waals surface area contributed by atoms with E-state index < -0.39 is 13.7 Å². The van der Waals surface area contributed by atoms with Crippen LogP contribution >= 0.6 is 11.5 Å². The number of carbonyl (C=O) groups is 1. The molecule has 0 bridgehead atoms. The standard InChI is InChI=1S/C29H44N6O3SSi/c1-19-14-24(39-33-19)31-27-30-23(15-20-10-11-34(16-20)28(36)38-29(2,3)4)25-22(21-8-9-21)17-35(26(25)32-27)18-37-12-13-40(5,6)7/h14,17,20-21H,8-13,15-16,18H2,1-7H3,(H,30,31,32)/t20-/m1/s1. The van der Waals surface area contributed by atoms with Crippen LogP contribution in [0.2, 0.25) is 25.7 Å². The molecular weight excluding hydrogens is 541 g/mol. The fraction of sp³-hybridized carbons (Fsp3) is 0.655. The summed E-state index contributed by atoms with van der Waals surface area (Å²) in [4.78, 5) is 24.7. The van der Waals surface area contributed by atoms with Crippen LogP contribution in [0.15, 0.2) is 12.3 Å². The van der Waals surface area contributed by atoms with Crippen LogP contribution in [0.1, 0.15) is 62.9 Å². The normalized spacial score (nSPS) is 18.1. The maximum absolute atomic E-state index is 12.7. The lowest BCUT2D eigenvalue weighted by molar-refractivity contribution is 0.0288. The first-order valence-electron chi connectivity index (χ1n) is 14.5. The van der Waals surface area contributed by atoms with Crippen LogP contribution in [0.5, 0.6) is 0 Å². The number of carbonyl (C=O) groups excluding carboxylic acids is 1. The van der Waals surface area contributed by atoms with Gasteiger partial charge in [-0.15, -0.1) is 0 Å². The van der Waals surface area contributed by atoms with Crippen molar-refractivity contribution in [3.63, 3.8) is 0 Å². The smallest absolute Gasteiger partial charge is 0.410 e. The van der Waals surface area contributed by atoms with Crippen molar-refractivity contribution in [2.75, 3.05) is 25.0 Å². The monoisotopic (exact) mass is 584 g/mol. The summed E-state index contributed by atoms with van der Waals surface area (Å²) in [5.41, 5.74) is 3.78. The molecule has 1 saturated heterocycles. The Morgan fingerprint density at radius 3 is 2.62 bits per heavy atom. The third-order valence-corrected chi connectivity index (χ3v) is 9.85. The van der Waals surface area contributed by atoms with Crippen molar-refractivity contribution >= 4 is 47.7 Å². The van der Waals surface area contributed by atoms with Gasteiger partial charge in [0.25, 0.3) is 0 Å². The number of hydrogen-bond acceptors (Lipinski definition) is 8. The molecule has 0 unspecified atom stereocenters. The highest BCUT2D eigenvalue weighted by Gasteiger charge is 2.33. The lowest BCUT2D eigenvalue weighted by atomic mass is 9.99. The highest BCUT2D eigenvalue weighted by Crippen LogP contribution is 2.45. The zero-order chi connectivity index (χ0) is 28.7. The summed E-state index contributed by atoms with van der Waals surface area (Å²) in [6, 6.07) is 3.15. The zero-order valence-electron chi connectivity index (χ0n) is 25.0. The fourth-order valence-electron chi connectivity index (χ4n) is 5.14. The van der Waals surface area contributed by atoms with E-state index in [1.54, 1.807) is 0 Å². The Balaban J connectivity index is 1.43. The van der Waals surface area contributed by atoms with Crippen molar-refractivity contribution in [1.29, 1.82) is 0 Å². The number of rotatable bonds is 10. The summed E-state index contributed by atoms with van der Waals surface area (Å²) in [7, 11) is -1.17. The van der Waals surface area contributed by atoms with Gasteiger partial charge in [0.05, 0.1) is 11.4 Å². The van der Waals surface area contributed by atoms with E-state index in [-0.39, 0.29) is 6.09 Å². The van der Waals surface area contributed by atoms with Gasteiger partial charge in [0, 0.05) is 39.4 Å². The lowest BCUT2D eigenvalue weighted by Crippen LogP contribution is -2.35. The minimum absolute atomic E-state index is 0.231. The van der Waals surface area contributed by atoms with Gasteiger partial charge in [0.2, 0.25) is 5.95 Å². The molecule has 1 amide bonds. The summed E-state index contributed by atoms with van der Waals surface area (Å²) >= 11 is 1.41. The Labute approximate surface area is 242 Å². The summed E-state index contributed by atoms with van der Waals surface area (Å²) in [6.45, 7) is 17.5. The van der Waals surface area contributed by atoms with E-state index in [4.69, 9.17) is 19.4 Å². The number of nitrogens with one attached hydrogen (secondary N) is 1. The van der Waals surface area contributed by atoms with Crippen LogP contribution in [-0.2, 0) is 22.6 Å². The van der Waals surface area contributed by atoms with Gasteiger partial charge in [-0.1, -0.05) is 19.6 Å². The second-order valence-electron chi connectivity index (χ2n) is 13.6. The van der Waals surface area contributed by atoms with Gasteiger partial charge in [-0.2, -0.15) is 9.36 Å². The van der Waals surface area contributed by atoms with Gasteiger partial charge in [-0.05, 0) is 94.4 Å². The van der Waals surface area contributed by atoms with Crippen molar-refractivity contribution in [3.05, 3.63) is 29.2 Å². The number of nitrogens with zero attached hydrogens (tertiary/aromatic N) is 5. The number of amides is 1. The number of hydrogen-bond donors (Lipinski definition) is 1. The average Bonchev–Trinajstić information content (AvgIpc) is 3.25. The number of aryl methyl sites for hydroxylation is 1. The molecule has 1 saturated carbocycles. The number of anilines is 2. The molecule has 1 atom stereocenters. The minimum Gasteiger partial charge on any atom is -0.444 e. The van der Waals surface area contributed by atoms with E-state index in [1.165, 1.54) is 29.9 Å². The Bertz CT molecular complexity index is 1350. The van der Waals surface area contributed by atoms with Crippen molar-refractivity contribution in [2.45, 2.75) is 97.3 Å². The van der Waals surface area contributed by atoms with E-state index >= 15 is 0 Å². The Kier molecular flexibility index (Phi) is 8.27. The number of aromatic nitrogens is 4. The number of fused-ring (bicyclic) bond motifs is 1. The summed E-state index contributed by atoms with van der Waals surface area (Å²) in [5.74, 6) is 1.45. The first kappa shape index (κ1) is 29.0. The summed E-state index contributed by atoms with van der Waals surface area (Å²) < 4.78 is 18.4. The summed E-state index contributed by atoms with van der Waals surface area (Å²) in [6.07, 6.45) is 6.13. The van der Waals surface area contributed by atoms with Crippen molar-refractivity contribution in [3.8, 4) is 0 Å². The molecule has 0 spiro atoms. The van der Waals surface area contributed by atoms with Crippen molar-refractivity contribution in [2.24, 2.45) is 5.92 Å². The molecule has 9 nitrogen and oxygen atoms in total. The lowest BCUT2D eigenvalue weighted by Gasteiger charge is -2.24. The first-order valence-corrected chi connectivity index (χ1v) is 19.0. The molecule has 0 aromatic carbocycles. The molecule has 218 valence electrons. The van der Waals surface area contributed by atoms with Crippen LogP contribution in [0.4, 0.5) is 15.7 Å². The average molecular weight is 585 g/mol. The van der Waals surface area contributed by atoms with E-state index in [0.29, 0.717) is 37.6 Å². The second-order valence-corrected chi connectivity index (χ2v) is 20.0. The highest BCUT2D eigenvalue weighted by atomic mass is 32.1. The van der Waals surface area contributed by atoms with Crippen LogP contribution in [-0.4, -0.2) is 63.3 Å². The molecule has 11 heteroatoms. The Hall–Kier alpha value is -2.50. The number of likely N-dealkylation sites (tertiary alicyclic amines) is 1. The summed E-state index contributed by atoms with van der Waals surface area (Å²) in [5, 5.41) is 5.49. The minimum atomic E-state index is -1.17. The Morgan fingerprint density at radius 1 is 1.20 bits per heavy atom. The first-order chi connectivity index (χ1) is 18.8. The molecule has 5 rings (SSSR count). The van der Waals surface area contributed by atoms with Crippen LogP contribution in [0.3, 0.4) is 0 Å². The number of ether oxygens (including phenoxy) is 2. The van der Waals surface area contributed by atoms with Gasteiger partial charge >= 0.3 is 6.09 Å². The second kappa shape index (κ2) is 11.4. The molecule has 0 radical (unpaired) electrons. The SMILES string of the molecule is Cc1cc(Nc2nc(C[C@H]3CCN(C(=O)OC(C)(C)C)C3)c3c(C4CC4)cn(COCC[Si](C)(C)C)c3n2)sn1. The van der Waals surface area contributed by atoms with Crippen molar-refractivity contribution in [1.82, 2.24) is 23.8 Å². The fourth-order valence-corrected chi connectivity index (χ4v) is 6.55. The largest absolute Gasteiger partial charge is 0.444 e. The topological polar surface area (TPSA) is 94.4 Å². The molecule has 1 N–H and O–H groups in total. The zero-order valence-corrected chi connectivity index (χ0v) is 26.9. The van der Waals surface area contributed by atoms with Crippen LogP contribution < -0.4 is 5.32 Å².